The largest absolute Gasteiger partial charge is 0.359 e. The molecule has 7 nitrogen and oxygen atoms in total. The van der Waals surface area contributed by atoms with Crippen molar-refractivity contribution in [3.8, 4) is 0 Å². The van der Waals surface area contributed by atoms with Crippen LogP contribution < -0.4 is 5.32 Å². The number of carbonyl (C=O) groups is 1. The van der Waals surface area contributed by atoms with Crippen molar-refractivity contribution >= 4 is 11.9 Å². The first kappa shape index (κ1) is 19.6. The van der Waals surface area contributed by atoms with Crippen LogP contribution in [0.3, 0.4) is 0 Å². The van der Waals surface area contributed by atoms with Crippen LogP contribution in [-0.4, -0.2) is 83.1 Å². The zero-order valence-corrected chi connectivity index (χ0v) is 18.1. The Hall–Kier alpha value is -2.38. The summed E-state index contributed by atoms with van der Waals surface area (Å²) >= 11 is 0. The third-order valence-electron chi connectivity index (χ3n) is 7.09. The zero-order chi connectivity index (χ0) is 20.7. The number of amides is 1. The summed E-state index contributed by atoms with van der Waals surface area (Å²) in [6.07, 6.45) is 6.16. The summed E-state index contributed by atoms with van der Waals surface area (Å²) in [6, 6.07) is 6.52. The zero-order valence-electron chi connectivity index (χ0n) is 18.1. The lowest BCUT2D eigenvalue weighted by Crippen LogP contribution is -2.53. The minimum Gasteiger partial charge on any atom is -0.359 e. The van der Waals surface area contributed by atoms with Crippen molar-refractivity contribution in [1.82, 2.24) is 24.3 Å². The molecule has 2 fully saturated rings. The van der Waals surface area contributed by atoms with E-state index in [1.165, 1.54) is 18.4 Å². The molecule has 0 bridgehead atoms. The molecule has 1 saturated heterocycles. The predicted molar refractivity (Wildman–Crippen MR) is 118 cm³/mol. The number of hydrogen-bond acceptors (Lipinski definition) is 5. The average Bonchev–Trinajstić information content (AvgIpc) is 3.40. The third kappa shape index (κ3) is 3.50. The molecule has 2 aliphatic heterocycles. The van der Waals surface area contributed by atoms with Gasteiger partial charge in [0.2, 0.25) is 5.95 Å². The number of carbonyl (C=O) groups excluding carboxylic acids is 1. The first-order valence-corrected chi connectivity index (χ1v) is 11.2. The third-order valence-corrected chi connectivity index (χ3v) is 7.09. The number of imidazole rings is 1. The van der Waals surface area contributed by atoms with Crippen LogP contribution in [0.15, 0.2) is 30.6 Å². The van der Waals surface area contributed by atoms with Crippen LogP contribution in [0.25, 0.3) is 0 Å². The Balaban J connectivity index is 1.36. The normalized spacial score (nSPS) is 21.1. The molecule has 0 unspecified atom stereocenters. The molecular formula is C23H32N6O. The maximum absolute atomic E-state index is 13.5. The van der Waals surface area contributed by atoms with E-state index in [0.29, 0.717) is 6.54 Å². The van der Waals surface area contributed by atoms with Gasteiger partial charge in [-0.15, -0.1) is 0 Å². The first-order chi connectivity index (χ1) is 14.6. The van der Waals surface area contributed by atoms with Crippen LogP contribution in [-0.2, 0) is 12.0 Å². The number of nitrogens with zero attached hydrogens (tertiary/aromatic N) is 5. The number of aromatic nitrogens is 2. The van der Waals surface area contributed by atoms with Gasteiger partial charge in [-0.25, -0.2) is 4.98 Å². The van der Waals surface area contributed by atoms with Crippen molar-refractivity contribution in [1.29, 1.82) is 0 Å². The van der Waals surface area contributed by atoms with Crippen molar-refractivity contribution in [2.45, 2.75) is 31.7 Å². The summed E-state index contributed by atoms with van der Waals surface area (Å²) in [4.78, 5) is 24.8. The van der Waals surface area contributed by atoms with Crippen molar-refractivity contribution < 1.29 is 4.79 Å². The highest BCUT2D eigenvalue weighted by molar-refractivity contribution is 5.98. The van der Waals surface area contributed by atoms with Gasteiger partial charge in [-0.1, -0.05) is 19.1 Å². The quantitative estimate of drug-likeness (QED) is 0.793. The molecule has 3 heterocycles. The summed E-state index contributed by atoms with van der Waals surface area (Å²) in [7, 11) is 1.88. The second-order valence-electron chi connectivity index (χ2n) is 8.99. The summed E-state index contributed by atoms with van der Waals surface area (Å²) < 4.78 is 2.08. The van der Waals surface area contributed by atoms with E-state index in [9.17, 15) is 4.79 Å². The smallest absolute Gasteiger partial charge is 0.255 e. The minimum atomic E-state index is 0.193. The Labute approximate surface area is 178 Å². The van der Waals surface area contributed by atoms with E-state index in [2.05, 4.69) is 54.7 Å². The van der Waals surface area contributed by atoms with E-state index in [0.717, 1.165) is 63.0 Å². The van der Waals surface area contributed by atoms with E-state index in [1.807, 2.05) is 13.2 Å². The molecule has 1 N–H and O–H groups in total. The molecule has 30 heavy (non-hydrogen) atoms. The molecule has 1 aromatic carbocycles. The Kier molecular flexibility index (Phi) is 5.03. The lowest BCUT2D eigenvalue weighted by molar-refractivity contribution is 0.0452. The van der Waals surface area contributed by atoms with Gasteiger partial charge in [0.1, 0.15) is 0 Å². The van der Waals surface area contributed by atoms with Gasteiger partial charge < -0.3 is 19.7 Å². The maximum atomic E-state index is 13.5. The molecule has 7 heteroatoms. The number of likely N-dealkylation sites (N-methyl/N-ethyl adjacent to an activating group) is 1. The molecular weight excluding hydrogens is 376 g/mol. The van der Waals surface area contributed by atoms with Gasteiger partial charge in [0.25, 0.3) is 5.91 Å². The van der Waals surface area contributed by atoms with E-state index in [1.54, 1.807) is 6.20 Å². The molecule has 1 spiro atoms. The van der Waals surface area contributed by atoms with Crippen LogP contribution in [0.2, 0.25) is 0 Å². The second-order valence-corrected chi connectivity index (χ2v) is 8.99. The van der Waals surface area contributed by atoms with Crippen LogP contribution >= 0.6 is 0 Å². The van der Waals surface area contributed by atoms with Gasteiger partial charge in [0.05, 0.1) is 13.2 Å². The van der Waals surface area contributed by atoms with Gasteiger partial charge in [-0.3, -0.25) is 9.69 Å². The molecule has 160 valence electrons. The number of piperazine rings is 1. The van der Waals surface area contributed by atoms with Crippen molar-refractivity contribution in [2.24, 2.45) is 0 Å². The fourth-order valence-corrected chi connectivity index (χ4v) is 5.06. The monoisotopic (exact) mass is 408 g/mol. The summed E-state index contributed by atoms with van der Waals surface area (Å²) in [5.74, 6) is 1.03. The molecule has 1 aliphatic carbocycles. The number of anilines is 1. The van der Waals surface area contributed by atoms with Crippen LogP contribution in [0.5, 0.6) is 0 Å². The SMILES string of the molecule is CCN1CCN(CN2CC3(CC3)c3ccc(Cn4ccnc4NC)cc3C2=O)CC1. The predicted octanol–water partition coefficient (Wildman–Crippen LogP) is 2.06. The molecule has 5 rings (SSSR count). The highest BCUT2D eigenvalue weighted by Gasteiger charge is 2.51. The number of rotatable bonds is 6. The van der Waals surface area contributed by atoms with Gasteiger partial charge >= 0.3 is 0 Å². The Morgan fingerprint density at radius 1 is 1.13 bits per heavy atom. The first-order valence-electron chi connectivity index (χ1n) is 11.2. The van der Waals surface area contributed by atoms with Crippen molar-refractivity contribution in [2.75, 3.05) is 58.3 Å². The fraction of sp³-hybridized carbons (Fsp3) is 0.565. The van der Waals surface area contributed by atoms with Crippen LogP contribution in [0.4, 0.5) is 5.95 Å². The second kappa shape index (κ2) is 7.71. The molecule has 1 aromatic heterocycles. The van der Waals surface area contributed by atoms with E-state index in [4.69, 9.17) is 0 Å². The van der Waals surface area contributed by atoms with E-state index < -0.39 is 0 Å². The molecule has 1 amide bonds. The fourth-order valence-electron chi connectivity index (χ4n) is 5.06. The molecule has 0 atom stereocenters. The van der Waals surface area contributed by atoms with Gasteiger partial charge in [0, 0.05) is 63.1 Å². The highest BCUT2D eigenvalue weighted by Crippen LogP contribution is 2.52. The minimum absolute atomic E-state index is 0.193. The van der Waals surface area contributed by atoms with Gasteiger partial charge in [-0.2, -0.15) is 0 Å². The van der Waals surface area contributed by atoms with Crippen molar-refractivity contribution in [3.05, 3.63) is 47.3 Å². The van der Waals surface area contributed by atoms with Crippen LogP contribution in [0, 0.1) is 0 Å². The Morgan fingerprint density at radius 3 is 2.60 bits per heavy atom. The average molecular weight is 409 g/mol. The Morgan fingerprint density at radius 2 is 1.90 bits per heavy atom. The highest BCUT2D eigenvalue weighted by atomic mass is 16.2. The van der Waals surface area contributed by atoms with E-state index >= 15 is 0 Å². The summed E-state index contributed by atoms with van der Waals surface area (Å²) in [5, 5.41) is 3.12. The molecule has 1 saturated carbocycles. The van der Waals surface area contributed by atoms with Gasteiger partial charge in [-0.05, 0) is 36.6 Å². The summed E-state index contributed by atoms with van der Waals surface area (Å²) in [6.45, 7) is 9.97. The van der Waals surface area contributed by atoms with E-state index in [-0.39, 0.29) is 11.3 Å². The topological polar surface area (TPSA) is 56.6 Å². The molecule has 2 aromatic rings. The number of benzene rings is 1. The number of hydrogen-bond donors (Lipinski definition) is 1. The lowest BCUT2D eigenvalue weighted by Gasteiger charge is -2.40. The van der Waals surface area contributed by atoms with Gasteiger partial charge in [0.15, 0.2) is 0 Å². The standard InChI is InChI=1S/C23H32N6O/c1-3-26-10-12-27(13-11-26)17-29-16-23(6-7-23)20-5-4-18(14-19(20)21(29)30)15-28-9-8-25-22(28)24-2/h4-5,8-9,14H,3,6-7,10-13,15-17H2,1-2H3,(H,24,25). The number of fused-ring (bicyclic) bond motifs is 2. The van der Waals surface area contributed by atoms with Crippen molar-refractivity contribution in [3.63, 3.8) is 0 Å². The maximum Gasteiger partial charge on any atom is 0.255 e. The van der Waals surface area contributed by atoms with Crippen LogP contribution in [0.1, 0.15) is 41.3 Å². The Bertz CT molecular complexity index is 926. The summed E-state index contributed by atoms with van der Waals surface area (Å²) in [5.41, 5.74) is 3.51. The number of nitrogens with one attached hydrogen (secondary N) is 1. The molecule has 3 aliphatic rings. The molecule has 0 radical (unpaired) electrons. The lowest BCUT2D eigenvalue weighted by atomic mass is 9.85.